The van der Waals surface area contributed by atoms with Crippen LogP contribution in [0.15, 0.2) is 48.5 Å². The van der Waals surface area contributed by atoms with E-state index >= 15 is 0 Å². The molecule has 0 saturated heterocycles. The van der Waals surface area contributed by atoms with Crippen molar-refractivity contribution >= 4 is 33.1 Å². The number of rotatable bonds is 3. The molecule has 4 rings (SSSR count). The zero-order chi connectivity index (χ0) is 19.1. The second-order valence-corrected chi connectivity index (χ2v) is 7.23. The molecule has 0 unspecified atom stereocenters. The van der Waals surface area contributed by atoms with Crippen LogP contribution in [0.1, 0.15) is 15.2 Å². The number of carbonyl (C=O) groups excluding carboxylic acids is 1. The van der Waals surface area contributed by atoms with Gasteiger partial charge in [0.1, 0.15) is 22.2 Å². The predicted octanol–water partition coefficient (Wildman–Crippen LogP) is 5.14. The summed E-state index contributed by atoms with van der Waals surface area (Å²) in [5, 5.41) is 7.79. The molecule has 0 aliphatic rings. The summed E-state index contributed by atoms with van der Waals surface area (Å²) in [5.41, 5.74) is 1.76. The van der Waals surface area contributed by atoms with E-state index in [1.165, 1.54) is 23.5 Å². The monoisotopic (exact) mass is 383 g/mol. The van der Waals surface area contributed by atoms with Gasteiger partial charge >= 0.3 is 0 Å². The summed E-state index contributed by atoms with van der Waals surface area (Å²) < 4.78 is 29.5. The van der Waals surface area contributed by atoms with Crippen LogP contribution in [0, 0.1) is 18.6 Å². The first-order valence-electron chi connectivity index (χ1n) is 8.23. The van der Waals surface area contributed by atoms with Crippen molar-refractivity contribution in [3.63, 3.8) is 0 Å². The number of halogens is 2. The molecule has 1 N–H and O–H groups in total. The van der Waals surface area contributed by atoms with Gasteiger partial charge in [-0.15, -0.1) is 11.3 Å². The van der Waals surface area contributed by atoms with Gasteiger partial charge in [-0.1, -0.05) is 18.2 Å². The van der Waals surface area contributed by atoms with E-state index in [0.717, 1.165) is 4.83 Å². The smallest absolute Gasteiger partial charge is 0.265 e. The Labute approximate surface area is 158 Å². The lowest BCUT2D eigenvalue weighted by atomic mass is 10.1. The number of thiophene rings is 1. The number of nitrogens with zero attached hydrogens (tertiary/aromatic N) is 2. The minimum atomic E-state index is -0.379. The summed E-state index contributed by atoms with van der Waals surface area (Å²) in [7, 11) is 1.75. The van der Waals surface area contributed by atoms with Gasteiger partial charge in [-0.2, -0.15) is 5.10 Å². The van der Waals surface area contributed by atoms with Crippen molar-refractivity contribution < 1.29 is 13.6 Å². The highest BCUT2D eigenvalue weighted by Gasteiger charge is 2.19. The van der Waals surface area contributed by atoms with Crippen LogP contribution in [-0.2, 0) is 7.05 Å². The Morgan fingerprint density at radius 3 is 2.63 bits per heavy atom. The highest BCUT2D eigenvalue weighted by atomic mass is 32.1. The number of hydrogen-bond donors (Lipinski definition) is 1. The fraction of sp³-hybridized carbons (Fsp3) is 0.100. The molecule has 0 atom stereocenters. The van der Waals surface area contributed by atoms with Crippen LogP contribution in [-0.4, -0.2) is 15.7 Å². The van der Waals surface area contributed by atoms with Gasteiger partial charge in [0.15, 0.2) is 0 Å². The van der Waals surface area contributed by atoms with Gasteiger partial charge in [0.2, 0.25) is 0 Å². The average Bonchev–Trinajstić information content (AvgIpc) is 3.20. The van der Waals surface area contributed by atoms with Crippen LogP contribution >= 0.6 is 11.3 Å². The number of amides is 1. The topological polar surface area (TPSA) is 46.9 Å². The molecular formula is C20H15F2N3OS. The minimum absolute atomic E-state index is 0.348. The number of fused-ring (bicyclic) bond motifs is 1. The summed E-state index contributed by atoms with van der Waals surface area (Å²) >= 11 is 1.25. The van der Waals surface area contributed by atoms with Crippen LogP contribution in [0.25, 0.3) is 21.5 Å². The van der Waals surface area contributed by atoms with Gasteiger partial charge in [0, 0.05) is 23.7 Å². The van der Waals surface area contributed by atoms with Gasteiger partial charge < -0.3 is 5.32 Å². The highest BCUT2D eigenvalue weighted by molar-refractivity contribution is 7.20. The lowest BCUT2D eigenvalue weighted by Gasteiger charge is -2.05. The normalized spacial score (nSPS) is 11.1. The van der Waals surface area contributed by atoms with Crippen molar-refractivity contribution in [2.24, 2.45) is 7.05 Å². The van der Waals surface area contributed by atoms with E-state index in [-0.39, 0.29) is 17.5 Å². The SMILES string of the molecule is Cc1ccc(NC(=O)c2cc3c(-c4ccccc4F)nn(C)c3s2)cc1F. The minimum Gasteiger partial charge on any atom is -0.321 e. The number of aromatic nitrogens is 2. The Hall–Kier alpha value is -3.06. The first kappa shape index (κ1) is 17.4. The highest BCUT2D eigenvalue weighted by Crippen LogP contribution is 2.35. The van der Waals surface area contributed by atoms with Crippen LogP contribution < -0.4 is 5.32 Å². The molecule has 0 saturated carbocycles. The first-order chi connectivity index (χ1) is 12.9. The van der Waals surface area contributed by atoms with Crippen molar-refractivity contribution in [1.29, 1.82) is 0 Å². The molecule has 0 radical (unpaired) electrons. The fourth-order valence-electron chi connectivity index (χ4n) is 2.87. The third kappa shape index (κ3) is 3.10. The third-order valence-electron chi connectivity index (χ3n) is 4.29. The second kappa shape index (κ2) is 6.59. The molecule has 0 spiro atoms. The molecule has 0 fully saturated rings. The van der Waals surface area contributed by atoms with E-state index in [2.05, 4.69) is 10.4 Å². The molecule has 0 aliphatic carbocycles. The fourth-order valence-corrected chi connectivity index (χ4v) is 3.84. The summed E-state index contributed by atoms with van der Waals surface area (Å²) in [6, 6.07) is 12.6. The second-order valence-electron chi connectivity index (χ2n) is 6.20. The van der Waals surface area contributed by atoms with Crippen molar-refractivity contribution in [1.82, 2.24) is 9.78 Å². The summed E-state index contributed by atoms with van der Waals surface area (Å²) in [6.45, 7) is 1.66. The number of benzene rings is 2. The third-order valence-corrected chi connectivity index (χ3v) is 5.49. The van der Waals surface area contributed by atoms with Gasteiger partial charge in [0.05, 0.1) is 4.88 Å². The van der Waals surface area contributed by atoms with Gasteiger partial charge in [-0.25, -0.2) is 8.78 Å². The van der Waals surface area contributed by atoms with Crippen molar-refractivity contribution in [3.8, 4) is 11.3 Å². The number of carbonyl (C=O) groups is 1. The van der Waals surface area contributed by atoms with Gasteiger partial charge in [-0.3, -0.25) is 9.48 Å². The Balaban J connectivity index is 1.71. The molecule has 2 heterocycles. The Morgan fingerprint density at radius 2 is 1.89 bits per heavy atom. The van der Waals surface area contributed by atoms with Crippen LogP contribution in [0.2, 0.25) is 0 Å². The molecule has 0 bridgehead atoms. The molecule has 2 aromatic carbocycles. The van der Waals surface area contributed by atoms with E-state index in [1.807, 2.05) is 0 Å². The number of anilines is 1. The van der Waals surface area contributed by atoms with Gasteiger partial charge in [0.25, 0.3) is 5.91 Å². The van der Waals surface area contributed by atoms with E-state index in [1.54, 1.807) is 55.1 Å². The van der Waals surface area contributed by atoms with E-state index in [9.17, 15) is 13.6 Å². The average molecular weight is 383 g/mol. The maximum atomic E-state index is 14.2. The number of nitrogens with one attached hydrogen (secondary N) is 1. The Morgan fingerprint density at radius 1 is 1.11 bits per heavy atom. The Kier molecular flexibility index (Phi) is 4.24. The quantitative estimate of drug-likeness (QED) is 0.532. The predicted molar refractivity (Wildman–Crippen MR) is 103 cm³/mol. The zero-order valence-electron chi connectivity index (χ0n) is 14.6. The first-order valence-corrected chi connectivity index (χ1v) is 9.04. The molecule has 27 heavy (non-hydrogen) atoms. The molecule has 2 aromatic heterocycles. The van der Waals surface area contributed by atoms with E-state index < -0.39 is 0 Å². The molecular weight excluding hydrogens is 368 g/mol. The van der Waals surface area contributed by atoms with E-state index in [4.69, 9.17) is 0 Å². The largest absolute Gasteiger partial charge is 0.321 e. The van der Waals surface area contributed by atoms with Crippen molar-refractivity contribution in [3.05, 3.63) is 70.6 Å². The number of aryl methyl sites for hydroxylation is 2. The molecule has 4 aromatic rings. The lowest BCUT2D eigenvalue weighted by Crippen LogP contribution is -2.10. The Bertz CT molecular complexity index is 1180. The van der Waals surface area contributed by atoms with Crippen LogP contribution in [0.4, 0.5) is 14.5 Å². The molecule has 136 valence electrons. The summed E-state index contributed by atoms with van der Waals surface area (Å²) in [6.07, 6.45) is 0. The summed E-state index contributed by atoms with van der Waals surface area (Å²) in [4.78, 5) is 13.8. The molecule has 1 amide bonds. The molecule has 7 heteroatoms. The summed E-state index contributed by atoms with van der Waals surface area (Å²) in [5.74, 6) is -1.10. The van der Waals surface area contributed by atoms with Crippen molar-refractivity contribution in [2.75, 3.05) is 5.32 Å². The van der Waals surface area contributed by atoms with Crippen LogP contribution in [0.5, 0.6) is 0 Å². The maximum absolute atomic E-state index is 14.2. The standard InChI is InChI=1S/C20H15F2N3OS/c1-11-7-8-12(9-16(11)22)23-19(26)17-10-14-18(24-25(2)20(14)27-17)13-5-3-4-6-15(13)21/h3-10H,1-2H3,(H,23,26). The zero-order valence-corrected chi connectivity index (χ0v) is 15.4. The van der Waals surface area contributed by atoms with E-state index in [0.29, 0.717) is 32.8 Å². The molecule has 0 aliphatic heterocycles. The lowest BCUT2D eigenvalue weighted by molar-refractivity contribution is 0.103. The van der Waals surface area contributed by atoms with Gasteiger partial charge in [-0.05, 0) is 42.8 Å². The molecule has 4 nitrogen and oxygen atoms in total. The van der Waals surface area contributed by atoms with Crippen LogP contribution in [0.3, 0.4) is 0 Å². The maximum Gasteiger partial charge on any atom is 0.265 e. The van der Waals surface area contributed by atoms with Crippen molar-refractivity contribution in [2.45, 2.75) is 6.92 Å². The number of hydrogen-bond acceptors (Lipinski definition) is 3.